The predicted octanol–water partition coefficient (Wildman–Crippen LogP) is -1.64. The van der Waals surface area contributed by atoms with Crippen LogP contribution in [0.25, 0.3) is 0 Å². The quantitative estimate of drug-likeness (QED) is 0.0219. The number of nitrogens with two attached hydrogens (primary N) is 4. The highest BCUT2D eigenvalue weighted by Gasteiger charge is 2.37. The molecule has 23 nitrogen and oxygen atoms in total. The van der Waals surface area contributed by atoms with E-state index in [0.29, 0.717) is 57.2 Å². The molecule has 1 fully saturated rings. The van der Waals surface area contributed by atoms with Crippen LogP contribution in [0.5, 0.6) is 0 Å². The van der Waals surface area contributed by atoms with Crippen LogP contribution in [0.3, 0.4) is 0 Å². The Bertz CT molecular complexity index is 1910. The van der Waals surface area contributed by atoms with E-state index < -0.39 is 102 Å². The second-order valence-corrected chi connectivity index (χ2v) is 18.4. The largest absolute Gasteiger partial charge is 0.480 e. The number of carboxylic acid groups (broad SMARTS) is 1. The predicted molar refractivity (Wildman–Crippen MR) is 263 cm³/mol. The van der Waals surface area contributed by atoms with Crippen molar-refractivity contribution < 1.29 is 48.3 Å². The summed E-state index contributed by atoms with van der Waals surface area (Å²) in [6.45, 7) is 8.90. The van der Waals surface area contributed by atoms with Gasteiger partial charge in [0, 0.05) is 26.4 Å². The van der Waals surface area contributed by atoms with Crippen LogP contribution >= 0.6 is 0 Å². The van der Waals surface area contributed by atoms with Crippen LogP contribution in [-0.4, -0.2) is 144 Å². The van der Waals surface area contributed by atoms with Crippen molar-refractivity contribution in [3.63, 3.8) is 0 Å². The third-order valence-corrected chi connectivity index (χ3v) is 11.6. The molecular formula is C47H79N13O10. The van der Waals surface area contributed by atoms with Gasteiger partial charge in [-0.3, -0.25) is 48.1 Å². The van der Waals surface area contributed by atoms with Crippen molar-refractivity contribution in [1.82, 2.24) is 42.1 Å². The number of aliphatic imine (C=N–C) groups is 1. The number of nitrogens with zero attached hydrogens (tertiary/aromatic N) is 2. The number of carboxylic acids is 1. The summed E-state index contributed by atoms with van der Waals surface area (Å²) >= 11 is 0. The third kappa shape index (κ3) is 21.9. The van der Waals surface area contributed by atoms with Crippen molar-refractivity contribution in [1.29, 1.82) is 0 Å². The van der Waals surface area contributed by atoms with E-state index >= 15 is 0 Å². The molecule has 1 aromatic rings. The van der Waals surface area contributed by atoms with Crippen LogP contribution < -0.4 is 60.2 Å². The summed E-state index contributed by atoms with van der Waals surface area (Å²) in [5, 5.41) is 27.9. The minimum absolute atomic E-state index is 0.0151. The molecule has 1 saturated heterocycles. The first-order valence-corrected chi connectivity index (χ1v) is 24.3. The van der Waals surface area contributed by atoms with Crippen molar-refractivity contribution >= 4 is 59.2 Å². The summed E-state index contributed by atoms with van der Waals surface area (Å²) in [5.74, 6) is -7.13. The Balaban J connectivity index is 2.42. The number of hydrogen-bond acceptors (Lipinski definition) is 12. The summed E-state index contributed by atoms with van der Waals surface area (Å²) in [6, 6.07) is 0.799. The summed E-state index contributed by atoms with van der Waals surface area (Å²) in [7, 11) is 0. The van der Waals surface area contributed by atoms with Gasteiger partial charge < -0.3 is 70.2 Å². The molecule has 70 heavy (non-hydrogen) atoms. The number of rotatable bonds is 32. The molecule has 1 heterocycles. The minimum Gasteiger partial charge on any atom is -0.480 e. The molecule has 23 heteroatoms. The average molecular weight is 986 g/mol. The zero-order chi connectivity index (χ0) is 52.3. The highest BCUT2D eigenvalue weighted by molar-refractivity contribution is 5.98. The molecule has 0 spiro atoms. The maximum Gasteiger partial charge on any atom is 0.322 e. The van der Waals surface area contributed by atoms with Gasteiger partial charge in [-0.05, 0) is 101 Å². The Hall–Kier alpha value is -6.36. The minimum atomic E-state index is -1.29. The monoisotopic (exact) mass is 986 g/mol. The fraction of sp³-hybridized carbons (Fsp3) is 0.660. The molecular weight excluding hydrogens is 907 g/mol. The molecule has 0 unspecified atom stereocenters. The molecule has 0 aromatic heterocycles. The highest BCUT2D eigenvalue weighted by atomic mass is 16.4. The molecule has 2 rings (SSSR count). The lowest BCUT2D eigenvalue weighted by Crippen LogP contribution is -2.60. The number of carbonyl (C=O) groups excluding carboxylic acids is 8. The number of likely N-dealkylation sites (tertiary alicyclic amines) is 1. The van der Waals surface area contributed by atoms with Gasteiger partial charge in [0.15, 0.2) is 5.96 Å². The molecule has 7 atom stereocenters. The third-order valence-electron chi connectivity index (χ3n) is 11.6. The van der Waals surface area contributed by atoms with Crippen LogP contribution in [0.4, 0.5) is 0 Å². The first kappa shape index (κ1) is 59.8. The Morgan fingerprint density at radius 1 is 0.671 bits per heavy atom. The van der Waals surface area contributed by atoms with Crippen LogP contribution in [0.15, 0.2) is 35.3 Å². The lowest BCUT2D eigenvalue weighted by molar-refractivity contribution is -0.139. The lowest BCUT2D eigenvalue weighted by atomic mass is 10.00. The van der Waals surface area contributed by atoms with Gasteiger partial charge >= 0.3 is 5.97 Å². The zero-order valence-electron chi connectivity index (χ0n) is 41.4. The molecule has 1 aromatic carbocycles. The number of carbonyl (C=O) groups is 9. The van der Waals surface area contributed by atoms with Crippen molar-refractivity contribution in [3.8, 4) is 0 Å². The summed E-state index contributed by atoms with van der Waals surface area (Å²) in [4.78, 5) is 126. The van der Waals surface area contributed by atoms with Crippen LogP contribution in [0.1, 0.15) is 111 Å². The molecule has 0 radical (unpaired) electrons. The second kappa shape index (κ2) is 31.7. The van der Waals surface area contributed by atoms with Gasteiger partial charge in [0.1, 0.15) is 48.8 Å². The van der Waals surface area contributed by atoms with Crippen molar-refractivity contribution in [2.45, 2.75) is 154 Å². The Morgan fingerprint density at radius 2 is 1.17 bits per heavy atom. The Kier molecular flexibility index (Phi) is 27.1. The van der Waals surface area contributed by atoms with Crippen molar-refractivity contribution in [3.05, 3.63) is 35.9 Å². The normalized spacial score (nSPS) is 15.8. The number of amides is 8. The Morgan fingerprint density at radius 3 is 1.66 bits per heavy atom. The maximum atomic E-state index is 14.3. The fourth-order valence-corrected chi connectivity index (χ4v) is 7.89. The fourth-order valence-electron chi connectivity index (χ4n) is 7.89. The van der Waals surface area contributed by atoms with E-state index in [-0.39, 0.29) is 69.4 Å². The SMILES string of the molecule is CC(=O)N1CCC[C@H]1C(=O)N[C@H](C(=O)N[C@@H](CCCCN)C(=O)N[C@@H](CCCN=C(N)N)C(=O)N[C@H](CCCCN)C(=O)N[C@@H](CC(C)C)C(=O)N[C@@H](Cc1ccccc1)C(=O)NCC(=O)O)C(C)C. The van der Waals surface area contributed by atoms with Gasteiger partial charge in [0.25, 0.3) is 0 Å². The summed E-state index contributed by atoms with van der Waals surface area (Å²) in [5.41, 5.74) is 23.3. The summed E-state index contributed by atoms with van der Waals surface area (Å²) < 4.78 is 0. The van der Waals surface area contributed by atoms with Gasteiger partial charge in [0.05, 0.1) is 0 Å². The van der Waals surface area contributed by atoms with E-state index in [1.54, 1.807) is 44.2 Å². The van der Waals surface area contributed by atoms with Crippen molar-refractivity contribution in [2.24, 2.45) is 39.8 Å². The molecule has 8 amide bonds. The highest BCUT2D eigenvalue weighted by Crippen LogP contribution is 2.19. The van der Waals surface area contributed by atoms with Crippen LogP contribution in [0.2, 0.25) is 0 Å². The number of unbranched alkanes of at least 4 members (excludes halogenated alkanes) is 2. The van der Waals surface area contributed by atoms with Gasteiger partial charge in [-0.1, -0.05) is 58.0 Å². The number of nitrogens with one attached hydrogen (secondary N) is 7. The van der Waals surface area contributed by atoms with E-state index in [2.05, 4.69) is 42.2 Å². The molecule has 16 N–H and O–H groups in total. The topological polar surface area (TPSA) is 378 Å². The van der Waals surface area contributed by atoms with Gasteiger partial charge in [-0.2, -0.15) is 0 Å². The standard InChI is InChI=1S/C47H79N13O10/c1-28(2)25-35(44(68)58-36(40(64)53-27-38(62)63)26-31-15-7-6-8-16-31)57-43(67)32(17-9-11-21-48)54-42(66)34(19-13-23-52-47(50)51)55-41(65)33(18-10-12-22-49)56-46(70)39(29(3)4)59-45(69)37-20-14-24-60(37)30(5)61/h6-8,15-16,28-29,32-37,39H,9-14,17-27,48-49H2,1-5H3,(H,53,64)(H,54,66)(H,55,65)(H,56,70)(H,57,67)(H,58,68)(H,59,69)(H,62,63)(H4,50,51,52)/t32-,33+,34+,35+,36+,37+,39+/m1/s1. The van der Waals surface area contributed by atoms with E-state index in [1.165, 1.54) is 11.8 Å². The van der Waals surface area contributed by atoms with Crippen LogP contribution in [0, 0.1) is 11.8 Å². The smallest absolute Gasteiger partial charge is 0.322 e. The van der Waals surface area contributed by atoms with Gasteiger partial charge in [0.2, 0.25) is 47.3 Å². The number of guanidine groups is 1. The molecule has 1 aliphatic rings. The second-order valence-electron chi connectivity index (χ2n) is 18.4. The number of benzene rings is 1. The average Bonchev–Trinajstić information content (AvgIpc) is 3.81. The van der Waals surface area contributed by atoms with E-state index in [0.717, 1.165) is 0 Å². The number of aliphatic carboxylic acids is 1. The lowest BCUT2D eigenvalue weighted by Gasteiger charge is -2.29. The first-order valence-electron chi connectivity index (χ1n) is 24.3. The first-order chi connectivity index (χ1) is 33.2. The molecule has 392 valence electrons. The van der Waals surface area contributed by atoms with E-state index in [9.17, 15) is 48.3 Å². The van der Waals surface area contributed by atoms with Crippen LogP contribution in [-0.2, 0) is 49.6 Å². The van der Waals surface area contributed by atoms with Crippen molar-refractivity contribution in [2.75, 3.05) is 32.7 Å². The molecule has 0 aliphatic carbocycles. The number of hydrogen-bond donors (Lipinski definition) is 12. The maximum absolute atomic E-state index is 14.3. The zero-order valence-corrected chi connectivity index (χ0v) is 41.4. The molecule has 1 aliphatic heterocycles. The molecule has 0 bridgehead atoms. The van der Waals surface area contributed by atoms with E-state index in [4.69, 9.17) is 22.9 Å². The molecule has 0 saturated carbocycles. The van der Waals surface area contributed by atoms with Gasteiger partial charge in [-0.15, -0.1) is 0 Å². The summed E-state index contributed by atoms with van der Waals surface area (Å²) in [6.07, 6.45) is 3.38. The Labute approximate surface area is 410 Å². The van der Waals surface area contributed by atoms with E-state index in [1.807, 2.05) is 13.8 Å². The van der Waals surface area contributed by atoms with Gasteiger partial charge in [-0.25, -0.2) is 0 Å².